The smallest absolute Gasteiger partial charge is 0.233 e. The van der Waals surface area contributed by atoms with Gasteiger partial charge in [-0.3, -0.25) is 10.1 Å². The number of rotatable bonds is 6. The number of anilines is 1. The minimum absolute atomic E-state index is 0.00509. The molecule has 1 atom stereocenters. The number of amides is 1. The molecule has 4 nitrogen and oxygen atoms in total. The van der Waals surface area contributed by atoms with Gasteiger partial charge < -0.3 is 0 Å². The average molecular weight is 303 g/mol. The van der Waals surface area contributed by atoms with E-state index >= 15 is 0 Å². The molecule has 0 fully saturated rings. The summed E-state index contributed by atoms with van der Waals surface area (Å²) in [6.45, 7) is 6.22. The van der Waals surface area contributed by atoms with Crippen LogP contribution in [0.4, 0.5) is 5.13 Å². The van der Waals surface area contributed by atoms with E-state index in [1.807, 2.05) is 30.3 Å². The Hall–Kier alpha value is -1.75. The van der Waals surface area contributed by atoms with Gasteiger partial charge in [-0.25, -0.2) is 0 Å². The first-order valence-corrected chi connectivity index (χ1v) is 8.12. The van der Waals surface area contributed by atoms with Crippen molar-refractivity contribution in [2.24, 2.45) is 0 Å². The summed E-state index contributed by atoms with van der Waals surface area (Å²) in [5.41, 5.74) is 1.05. The number of aromatic nitrogens is 2. The first-order chi connectivity index (χ1) is 10.1. The van der Waals surface area contributed by atoms with Gasteiger partial charge in [0.2, 0.25) is 11.0 Å². The molecule has 112 valence electrons. The summed E-state index contributed by atoms with van der Waals surface area (Å²) in [6, 6.07) is 9.89. The van der Waals surface area contributed by atoms with Crippen LogP contribution < -0.4 is 5.32 Å². The molecular formula is C16H21N3OS. The lowest BCUT2D eigenvalue weighted by Gasteiger charge is -2.15. The molecule has 2 rings (SSSR count). The number of carbonyl (C=O) groups is 1. The molecular weight excluding hydrogens is 282 g/mol. The van der Waals surface area contributed by atoms with E-state index < -0.39 is 0 Å². The molecule has 1 heterocycles. The standard InChI is InChI=1S/C16H21N3OS/c1-4-8-13(12-9-6-5-7-10-12)14(20)17-16-19-18-15(21-16)11(2)3/h5-7,9-11,13H,4,8H2,1-3H3,(H,17,19,20). The van der Waals surface area contributed by atoms with E-state index in [9.17, 15) is 4.79 Å². The van der Waals surface area contributed by atoms with Crippen LogP contribution in [0, 0.1) is 0 Å². The van der Waals surface area contributed by atoms with E-state index in [4.69, 9.17) is 0 Å². The van der Waals surface area contributed by atoms with Crippen molar-refractivity contribution < 1.29 is 4.79 Å². The van der Waals surface area contributed by atoms with Gasteiger partial charge in [0.25, 0.3) is 0 Å². The van der Waals surface area contributed by atoms with Crippen LogP contribution in [0.5, 0.6) is 0 Å². The normalized spacial score (nSPS) is 12.4. The van der Waals surface area contributed by atoms with Gasteiger partial charge in [-0.1, -0.05) is 68.9 Å². The molecule has 0 radical (unpaired) electrons. The van der Waals surface area contributed by atoms with Gasteiger partial charge in [-0.05, 0) is 12.0 Å². The Balaban J connectivity index is 2.11. The average Bonchev–Trinajstić information content (AvgIpc) is 2.94. The van der Waals surface area contributed by atoms with Crippen molar-refractivity contribution in [1.82, 2.24) is 10.2 Å². The molecule has 0 bridgehead atoms. The van der Waals surface area contributed by atoms with Crippen LogP contribution in [0.1, 0.15) is 56.0 Å². The Bertz CT molecular complexity index is 580. The van der Waals surface area contributed by atoms with Gasteiger partial charge in [0.05, 0.1) is 5.92 Å². The van der Waals surface area contributed by atoms with Crippen molar-refractivity contribution in [3.63, 3.8) is 0 Å². The van der Waals surface area contributed by atoms with Crippen molar-refractivity contribution in [2.75, 3.05) is 5.32 Å². The summed E-state index contributed by atoms with van der Waals surface area (Å²) in [6.07, 6.45) is 1.78. The lowest BCUT2D eigenvalue weighted by molar-refractivity contribution is -0.117. The van der Waals surface area contributed by atoms with Crippen LogP contribution in [-0.2, 0) is 4.79 Å². The van der Waals surface area contributed by atoms with Gasteiger partial charge in [0.1, 0.15) is 5.01 Å². The minimum Gasteiger partial charge on any atom is -0.300 e. The third kappa shape index (κ3) is 4.11. The lowest BCUT2D eigenvalue weighted by atomic mass is 9.94. The van der Waals surface area contributed by atoms with Gasteiger partial charge in [0.15, 0.2) is 0 Å². The predicted octanol–water partition coefficient (Wildman–Crippen LogP) is 4.18. The molecule has 1 aromatic heterocycles. The van der Waals surface area contributed by atoms with Crippen molar-refractivity contribution in [3.8, 4) is 0 Å². The zero-order valence-corrected chi connectivity index (χ0v) is 13.5. The summed E-state index contributed by atoms with van der Waals surface area (Å²) in [5, 5.41) is 12.6. The van der Waals surface area contributed by atoms with Gasteiger partial charge in [-0.2, -0.15) is 0 Å². The van der Waals surface area contributed by atoms with E-state index in [0.717, 1.165) is 23.4 Å². The van der Waals surface area contributed by atoms with Crippen molar-refractivity contribution in [3.05, 3.63) is 40.9 Å². The molecule has 21 heavy (non-hydrogen) atoms. The van der Waals surface area contributed by atoms with E-state index in [1.165, 1.54) is 11.3 Å². The Morgan fingerprint density at radius 1 is 1.24 bits per heavy atom. The van der Waals surface area contributed by atoms with Gasteiger partial charge >= 0.3 is 0 Å². The highest BCUT2D eigenvalue weighted by Gasteiger charge is 2.21. The molecule has 2 aromatic rings. The second-order valence-electron chi connectivity index (χ2n) is 5.34. The number of nitrogens with one attached hydrogen (secondary N) is 1. The van der Waals surface area contributed by atoms with Crippen molar-refractivity contribution in [2.45, 2.75) is 45.4 Å². The Kier molecular flexibility index (Phi) is 5.44. The maximum absolute atomic E-state index is 12.5. The summed E-state index contributed by atoms with van der Waals surface area (Å²) >= 11 is 1.45. The third-order valence-corrected chi connectivity index (χ3v) is 4.40. The van der Waals surface area contributed by atoms with E-state index in [-0.39, 0.29) is 11.8 Å². The summed E-state index contributed by atoms with van der Waals surface area (Å²) < 4.78 is 0. The zero-order valence-electron chi connectivity index (χ0n) is 12.7. The number of benzene rings is 1. The highest BCUT2D eigenvalue weighted by molar-refractivity contribution is 7.15. The molecule has 0 aliphatic carbocycles. The highest BCUT2D eigenvalue weighted by Crippen LogP contribution is 2.26. The Morgan fingerprint density at radius 2 is 1.95 bits per heavy atom. The fourth-order valence-electron chi connectivity index (χ4n) is 2.13. The fraction of sp³-hybridized carbons (Fsp3) is 0.438. The molecule has 1 N–H and O–H groups in total. The first kappa shape index (κ1) is 15.6. The highest BCUT2D eigenvalue weighted by atomic mass is 32.1. The molecule has 1 amide bonds. The molecule has 1 aromatic carbocycles. The van der Waals surface area contributed by atoms with Crippen LogP contribution in [0.3, 0.4) is 0 Å². The quantitative estimate of drug-likeness (QED) is 0.870. The molecule has 0 spiro atoms. The molecule has 1 unspecified atom stereocenters. The zero-order chi connectivity index (χ0) is 15.2. The van der Waals surface area contributed by atoms with Gasteiger partial charge in [-0.15, -0.1) is 10.2 Å². The SMILES string of the molecule is CCCC(C(=O)Nc1nnc(C(C)C)s1)c1ccccc1. The lowest BCUT2D eigenvalue weighted by Crippen LogP contribution is -2.21. The number of hydrogen-bond acceptors (Lipinski definition) is 4. The van der Waals surface area contributed by atoms with Crippen LogP contribution in [0.25, 0.3) is 0 Å². The predicted molar refractivity (Wildman–Crippen MR) is 86.7 cm³/mol. The molecule has 5 heteroatoms. The van der Waals surface area contributed by atoms with E-state index in [2.05, 4.69) is 36.3 Å². The van der Waals surface area contributed by atoms with Gasteiger partial charge in [0, 0.05) is 5.92 Å². The Labute approximate surface area is 129 Å². The maximum atomic E-state index is 12.5. The summed E-state index contributed by atoms with van der Waals surface area (Å²) in [7, 11) is 0. The largest absolute Gasteiger partial charge is 0.300 e. The van der Waals surface area contributed by atoms with Crippen LogP contribution in [0.15, 0.2) is 30.3 Å². The summed E-state index contributed by atoms with van der Waals surface area (Å²) in [4.78, 5) is 12.5. The molecule has 0 saturated carbocycles. The molecule has 0 aliphatic rings. The van der Waals surface area contributed by atoms with E-state index in [0.29, 0.717) is 11.0 Å². The number of hydrogen-bond donors (Lipinski definition) is 1. The monoisotopic (exact) mass is 303 g/mol. The second kappa shape index (κ2) is 7.31. The third-order valence-electron chi connectivity index (χ3n) is 3.26. The van der Waals surface area contributed by atoms with Crippen LogP contribution >= 0.6 is 11.3 Å². The maximum Gasteiger partial charge on any atom is 0.233 e. The summed E-state index contributed by atoms with van der Waals surface area (Å²) in [5.74, 6) is 0.186. The first-order valence-electron chi connectivity index (χ1n) is 7.31. The van der Waals surface area contributed by atoms with Crippen molar-refractivity contribution in [1.29, 1.82) is 0 Å². The Morgan fingerprint density at radius 3 is 2.52 bits per heavy atom. The topological polar surface area (TPSA) is 54.9 Å². The number of nitrogens with zero attached hydrogens (tertiary/aromatic N) is 2. The minimum atomic E-state index is -0.136. The molecule has 0 saturated heterocycles. The van der Waals surface area contributed by atoms with Crippen LogP contribution in [0.2, 0.25) is 0 Å². The van der Waals surface area contributed by atoms with Crippen LogP contribution in [-0.4, -0.2) is 16.1 Å². The van der Waals surface area contributed by atoms with Crippen molar-refractivity contribution >= 4 is 22.4 Å². The molecule has 0 aliphatic heterocycles. The second-order valence-corrected chi connectivity index (χ2v) is 6.35. The number of carbonyl (C=O) groups excluding carboxylic acids is 1. The van der Waals surface area contributed by atoms with E-state index in [1.54, 1.807) is 0 Å². The fourth-order valence-corrected chi connectivity index (χ4v) is 2.88.